The third-order valence-electron chi connectivity index (χ3n) is 4.23. The molecule has 1 aromatic rings. The van der Waals surface area contributed by atoms with E-state index in [4.69, 9.17) is 4.74 Å². The van der Waals surface area contributed by atoms with Gasteiger partial charge in [-0.3, -0.25) is 0 Å². The van der Waals surface area contributed by atoms with Crippen molar-refractivity contribution in [3.05, 3.63) is 29.8 Å². The molecule has 1 aliphatic carbocycles. The molecule has 0 saturated heterocycles. The summed E-state index contributed by atoms with van der Waals surface area (Å²) in [7, 11) is 3.96. The lowest BCUT2D eigenvalue weighted by atomic mass is 9.95. The second kappa shape index (κ2) is 8.18. The number of hydrogen-bond acceptors (Lipinski definition) is 4. The van der Waals surface area contributed by atoms with E-state index in [0.29, 0.717) is 11.6 Å². The van der Waals surface area contributed by atoms with Crippen LogP contribution in [0.2, 0.25) is 0 Å². The molecule has 1 aliphatic rings. The van der Waals surface area contributed by atoms with Gasteiger partial charge < -0.3 is 15.0 Å². The molecule has 22 heavy (non-hydrogen) atoms. The number of hydrogen-bond donors (Lipinski definition) is 1. The minimum Gasteiger partial charge on any atom is -0.458 e. The van der Waals surface area contributed by atoms with E-state index in [1.807, 2.05) is 50.2 Å². The minimum atomic E-state index is -0.247. The van der Waals surface area contributed by atoms with Gasteiger partial charge in [-0.15, -0.1) is 0 Å². The third-order valence-corrected chi connectivity index (χ3v) is 4.23. The van der Waals surface area contributed by atoms with Crippen molar-refractivity contribution in [2.24, 2.45) is 0 Å². The molecule has 0 unspecified atom stereocenters. The molecule has 1 atom stereocenters. The van der Waals surface area contributed by atoms with Crippen molar-refractivity contribution >= 4 is 11.7 Å². The molecule has 1 N–H and O–H groups in total. The van der Waals surface area contributed by atoms with Crippen molar-refractivity contribution < 1.29 is 9.53 Å². The van der Waals surface area contributed by atoms with E-state index >= 15 is 0 Å². The maximum atomic E-state index is 12.1. The van der Waals surface area contributed by atoms with Gasteiger partial charge in [0.25, 0.3) is 0 Å². The standard InChI is InChI=1S/C18H28N2O2/c1-14(13-19-16-7-5-4-6-8-16)22-18(21)15-9-11-17(12-10-15)20(2)3/h9-12,14,16,19H,4-8,13H2,1-3H3/t14-/m0/s1. The summed E-state index contributed by atoms with van der Waals surface area (Å²) in [6, 6.07) is 8.09. The zero-order valence-electron chi connectivity index (χ0n) is 14.0. The summed E-state index contributed by atoms with van der Waals surface area (Å²) >= 11 is 0. The molecule has 4 nitrogen and oxygen atoms in total. The number of rotatable bonds is 6. The van der Waals surface area contributed by atoms with Gasteiger partial charge in [-0.2, -0.15) is 0 Å². The van der Waals surface area contributed by atoms with Crippen LogP contribution in [0.15, 0.2) is 24.3 Å². The predicted octanol–water partition coefficient (Wildman–Crippen LogP) is 3.22. The summed E-state index contributed by atoms with van der Waals surface area (Å²) in [6.07, 6.45) is 6.35. The Morgan fingerprint density at radius 3 is 2.45 bits per heavy atom. The van der Waals surface area contributed by atoms with Gasteiger partial charge in [0.05, 0.1) is 5.56 Å². The third kappa shape index (κ3) is 5.02. The first-order chi connectivity index (χ1) is 10.6. The smallest absolute Gasteiger partial charge is 0.338 e. The lowest BCUT2D eigenvalue weighted by Gasteiger charge is -2.24. The monoisotopic (exact) mass is 304 g/mol. The van der Waals surface area contributed by atoms with Crippen LogP contribution >= 0.6 is 0 Å². The summed E-state index contributed by atoms with van der Waals surface area (Å²) in [4.78, 5) is 14.1. The fraction of sp³-hybridized carbons (Fsp3) is 0.611. The normalized spacial score (nSPS) is 17.0. The first kappa shape index (κ1) is 16.8. The molecule has 0 amide bonds. The molecule has 2 rings (SSSR count). The molecule has 0 spiro atoms. The predicted molar refractivity (Wildman–Crippen MR) is 90.5 cm³/mol. The van der Waals surface area contributed by atoms with Gasteiger partial charge in [0.15, 0.2) is 0 Å². The van der Waals surface area contributed by atoms with E-state index in [2.05, 4.69) is 5.32 Å². The Bertz CT molecular complexity index is 464. The van der Waals surface area contributed by atoms with Crippen LogP contribution in [0.1, 0.15) is 49.4 Å². The molecule has 122 valence electrons. The van der Waals surface area contributed by atoms with Crippen molar-refractivity contribution in [3.8, 4) is 0 Å². The number of carbonyl (C=O) groups excluding carboxylic acids is 1. The lowest BCUT2D eigenvalue weighted by Crippen LogP contribution is -2.37. The number of nitrogens with one attached hydrogen (secondary N) is 1. The van der Waals surface area contributed by atoms with Crippen LogP contribution in [0.25, 0.3) is 0 Å². The number of nitrogens with zero attached hydrogens (tertiary/aromatic N) is 1. The summed E-state index contributed by atoms with van der Waals surface area (Å²) in [5, 5.41) is 3.52. The van der Waals surface area contributed by atoms with Crippen molar-refractivity contribution in [1.29, 1.82) is 0 Å². The van der Waals surface area contributed by atoms with Crippen LogP contribution in [-0.4, -0.2) is 38.8 Å². The zero-order chi connectivity index (χ0) is 15.9. The van der Waals surface area contributed by atoms with Gasteiger partial charge in [-0.25, -0.2) is 4.79 Å². The van der Waals surface area contributed by atoms with E-state index in [1.54, 1.807) is 0 Å². The Labute approximate surface area is 133 Å². The summed E-state index contributed by atoms with van der Waals surface area (Å²) < 4.78 is 5.51. The van der Waals surface area contributed by atoms with Crippen molar-refractivity contribution in [2.45, 2.75) is 51.2 Å². The van der Waals surface area contributed by atoms with E-state index in [-0.39, 0.29) is 12.1 Å². The summed E-state index contributed by atoms with van der Waals surface area (Å²) in [6.45, 7) is 2.67. The van der Waals surface area contributed by atoms with Crippen LogP contribution in [-0.2, 0) is 4.74 Å². The first-order valence-corrected chi connectivity index (χ1v) is 8.28. The average Bonchev–Trinajstić information content (AvgIpc) is 2.54. The molecule has 0 bridgehead atoms. The Kier molecular flexibility index (Phi) is 6.25. The second-order valence-corrected chi connectivity index (χ2v) is 6.40. The fourth-order valence-corrected chi connectivity index (χ4v) is 2.83. The van der Waals surface area contributed by atoms with E-state index < -0.39 is 0 Å². The van der Waals surface area contributed by atoms with Crippen molar-refractivity contribution in [1.82, 2.24) is 5.32 Å². The highest BCUT2D eigenvalue weighted by Gasteiger charge is 2.16. The Balaban J connectivity index is 1.77. The molecule has 1 fully saturated rings. The highest BCUT2D eigenvalue weighted by atomic mass is 16.5. The number of esters is 1. The van der Waals surface area contributed by atoms with Crippen molar-refractivity contribution in [2.75, 3.05) is 25.5 Å². The highest BCUT2D eigenvalue weighted by molar-refractivity contribution is 5.89. The molecule has 0 aliphatic heterocycles. The minimum absolute atomic E-state index is 0.108. The number of benzene rings is 1. The van der Waals surface area contributed by atoms with Crippen molar-refractivity contribution in [3.63, 3.8) is 0 Å². The summed E-state index contributed by atoms with van der Waals surface area (Å²) in [5.41, 5.74) is 1.68. The van der Waals surface area contributed by atoms with Gasteiger partial charge in [-0.05, 0) is 44.0 Å². The average molecular weight is 304 g/mol. The van der Waals surface area contributed by atoms with E-state index in [9.17, 15) is 4.79 Å². The Morgan fingerprint density at radius 1 is 1.23 bits per heavy atom. The zero-order valence-corrected chi connectivity index (χ0v) is 14.0. The molecule has 1 aromatic carbocycles. The quantitative estimate of drug-likeness (QED) is 0.819. The lowest BCUT2D eigenvalue weighted by molar-refractivity contribution is 0.0334. The van der Waals surface area contributed by atoms with Gasteiger partial charge in [-0.1, -0.05) is 19.3 Å². The Morgan fingerprint density at radius 2 is 1.86 bits per heavy atom. The maximum absolute atomic E-state index is 12.1. The number of carbonyl (C=O) groups is 1. The van der Waals surface area contributed by atoms with Crippen LogP contribution in [0.4, 0.5) is 5.69 Å². The Hall–Kier alpha value is -1.55. The molecule has 1 saturated carbocycles. The second-order valence-electron chi connectivity index (χ2n) is 6.40. The molecule has 0 aromatic heterocycles. The van der Waals surface area contributed by atoms with E-state index in [0.717, 1.165) is 12.2 Å². The van der Waals surface area contributed by atoms with Crippen LogP contribution in [0.5, 0.6) is 0 Å². The SMILES string of the molecule is C[C@@H](CNC1CCCCC1)OC(=O)c1ccc(N(C)C)cc1. The largest absolute Gasteiger partial charge is 0.458 e. The topological polar surface area (TPSA) is 41.6 Å². The molecule has 0 heterocycles. The van der Waals surface area contributed by atoms with Crippen LogP contribution in [0.3, 0.4) is 0 Å². The van der Waals surface area contributed by atoms with E-state index in [1.165, 1.54) is 32.1 Å². The van der Waals surface area contributed by atoms with Crippen LogP contribution in [0, 0.1) is 0 Å². The van der Waals surface area contributed by atoms with Crippen LogP contribution < -0.4 is 10.2 Å². The maximum Gasteiger partial charge on any atom is 0.338 e. The molecule has 0 radical (unpaired) electrons. The van der Waals surface area contributed by atoms with Gasteiger partial charge >= 0.3 is 5.97 Å². The fourth-order valence-electron chi connectivity index (χ4n) is 2.83. The molecule has 4 heteroatoms. The molecular formula is C18H28N2O2. The van der Waals surface area contributed by atoms with Gasteiger partial charge in [0.2, 0.25) is 0 Å². The first-order valence-electron chi connectivity index (χ1n) is 8.28. The number of anilines is 1. The highest BCUT2D eigenvalue weighted by Crippen LogP contribution is 2.17. The summed E-state index contributed by atoms with van der Waals surface area (Å²) in [5.74, 6) is -0.247. The van der Waals surface area contributed by atoms with Gasteiger partial charge in [0.1, 0.15) is 6.10 Å². The van der Waals surface area contributed by atoms with Gasteiger partial charge in [0, 0.05) is 32.4 Å². The molecular weight excluding hydrogens is 276 g/mol. The number of ether oxygens (including phenoxy) is 1.